The topological polar surface area (TPSA) is 39.7 Å². The van der Waals surface area contributed by atoms with Gasteiger partial charge in [-0.1, -0.05) is 6.07 Å². The molecule has 0 fully saturated rings. The fourth-order valence-electron chi connectivity index (χ4n) is 1.86. The number of hydrogen-bond acceptors (Lipinski definition) is 4. The molecule has 1 N–H and O–H groups in total. The molecule has 18 heavy (non-hydrogen) atoms. The third kappa shape index (κ3) is 3.62. The molecule has 0 aliphatic carbocycles. The third-order valence-corrected chi connectivity index (χ3v) is 3.03. The van der Waals surface area contributed by atoms with Crippen LogP contribution in [0.25, 0.3) is 0 Å². The summed E-state index contributed by atoms with van der Waals surface area (Å²) in [6.07, 6.45) is 1.23. The van der Waals surface area contributed by atoms with Gasteiger partial charge in [0.15, 0.2) is 11.5 Å². The number of fused-ring (bicyclic) bond motifs is 1. The van der Waals surface area contributed by atoms with Crippen molar-refractivity contribution in [3.05, 3.63) is 23.8 Å². The van der Waals surface area contributed by atoms with Crippen molar-refractivity contribution >= 4 is 0 Å². The van der Waals surface area contributed by atoms with Gasteiger partial charge in [-0.2, -0.15) is 0 Å². The molecule has 4 nitrogen and oxygen atoms in total. The minimum atomic E-state index is 0.255. The van der Waals surface area contributed by atoms with Crippen molar-refractivity contribution in [2.24, 2.45) is 0 Å². The van der Waals surface area contributed by atoms with Crippen molar-refractivity contribution in [2.75, 3.05) is 33.4 Å². The predicted molar refractivity (Wildman–Crippen MR) is 70.5 cm³/mol. The maximum Gasteiger partial charge on any atom is 0.161 e. The molecular weight excluding hydrogens is 230 g/mol. The van der Waals surface area contributed by atoms with Crippen LogP contribution in [-0.2, 0) is 11.2 Å². The van der Waals surface area contributed by atoms with Crippen molar-refractivity contribution in [3.8, 4) is 11.5 Å². The number of ether oxygens (including phenoxy) is 3. The van der Waals surface area contributed by atoms with Gasteiger partial charge < -0.3 is 19.5 Å². The molecule has 100 valence electrons. The average Bonchev–Trinajstić information content (AvgIpc) is 2.43. The van der Waals surface area contributed by atoms with Crippen LogP contribution in [0, 0.1) is 0 Å². The first-order valence-electron chi connectivity index (χ1n) is 6.41. The molecule has 1 aromatic rings. The number of hydrogen-bond donors (Lipinski definition) is 1. The highest BCUT2D eigenvalue weighted by Crippen LogP contribution is 2.30. The van der Waals surface area contributed by atoms with Crippen LogP contribution in [0.5, 0.6) is 11.5 Å². The van der Waals surface area contributed by atoms with Crippen LogP contribution in [0.1, 0.15) is 12.5 Å². The van der Waals surface area contributed by atoms with Gasteiger partial charge in [-0.05, 0) is 37.6 Å². The number of nitrogens with one attached hydrogen (secondary N) is 1. The molecule has 1 unspecified atom stereocenters. The molecule has 0 bridgehead atoms. The second-order valence-electron chi connectivity index (χ2n) is 4.48. The molecule has 0 saturated heterocycles. The second kappa shape index (κ2) is 6.61. The van der Waals surface area contributed by atoms with E-state index in [-0.39, 0.29) is 6.10 Å². The highest BCUT2D eigenvalue weighted by atomic mass is 16.6. The van der Waals surface area contributed by atoms with Crippen LogP contribution in [0.3, 0.4) is 0 Å². The molecule has 1 aromatic carbocycles. The average molecular weight is 251 g/mol. The normalized spacial score (nSPS) is 15.4. The van der Waals surface area contributed by atoms with Gasteiger partial charge in [0.05, 0.1) is 6.10 Å². The molecule has 1 aliphatic heterocycles. The van der Waals surface area contributed by atoms with Gasteiger partial charge in [-0.3, -0.25) is 0 Å². The summed E-state index contributed by atoms with van der Waals surface area (Å²) in [5.74, 6) is 1.72. The largest absolute Gasteiger partial charge is 0.486 e. The Morgan fingerprint density at radius 3 is 2.83 bits per heavy atom. The lowest BCUT2D eigenvalue weighted by molar-refractivity contribution is 0.117. The maximum atomic E-state index is 5.56. The standard InChI is InChI=1S/C14H21NO3/c1-11(16-2)10-15-6-5-12-3-4-13-14(9-12)18-8-7-17-13/h3-4,9,11,15H,5-8,10H2,1-2H3. The highest BCUT2D eigenvalue weighted by molar-refractivity contribution is 5.43. The van der Waals surface area contributed by atoms with Gasteiger partial charge in [-0.15, -0.1) is 0 Å². The number of benzene rings is 1. The lowest BCUT2D eigenvalue weighted by Gasteiger charge is -2.19. The summed E-state index contributed by atoms with van der Waals surface area (Å²) in [5.41, 5.74) is 1.26. The zero-order valence-corrected chi connectivity index (χ0v) is 11.1. The molecule has 4 heteroatoms. The Hall–Kier alpha value is -1.26. The summed E-state index contributed by atoms with van der Waals surface area (Å²) < 4.78 is 16.2. The molecule has 0 spiro atoms. The molecule has 0 saturated carbocycles. The molecule has 0 amide bonds. The Morgan fingerprint density at radius 2 is 2.06 bits per heavy atom. The highest BCUT2D eigenvalue weighted by Gasteiger charge is 2.11. The van der Waals surface area contributed by atoms with Crippen LogP contribution in [-0.4, -0.2) is 39.5 Å². The molecule has 1 aliphatic rings. The van der Waals surface area contributed by atoms with Crippen LogP contribution < -0.4 is 14.8 Å². The van der Waals surface area contributed by atoms with E-state index in [1.807, 2.05) is 6.07 Å². The van der Waals surface area contributed by atoms with Crippen molar-refractivity contribution in [1.82, 2.24) is 5.32 Å². The van der Waals surface area contributed by atoms with E-state index >= 15 is 0 Å². The Balaban J connectivity index is 1.79. The van der Waals surface area contributed by atoms with Crippen LogP contribution in [0.2, 0.25) is 0 Å². The van der Waals surface area contributed by atoms with Gasteiger partial charge in [0.2, 0.25) is 0 Å². The van der Waals surface area contributed by atoms with Crippen molar-refractivity contribution in [1.29, 1.82) is 0 Å². The molecule has 1 heterocycles. The van der Waals surface area contributed by atoms with Crippen molar-refractivity contribution in [3.63, 3.8) is 0 Å². The molecule has 0 aromatic heterocycles. The van der Waals surface area contributed by atoms with Crippen molar-refractivity contribution < 1.29 is 14.2 Å². The van der Waals surface area contributed by atoms with Gasteiger partial charge in [0.1, 0.15) is 13.2 Å². The van der Waals surface area contributed by atoms with Gasteiger partial charge in [0, 0.05) is 13.7 Å². The molecule has 2 rings (SSSR count). The quantitative estimate of drug-likeness (QED) is 0.780. The summed E-state index contributed by atoms with van der Waals surface area (Å²) in [4.78, 5) is 0. The maximum absolute atomic E-state index is 5.56. The van der Waals surface area contributed by atoms with E-state index in [4.69, 9.17) is 14.2 Å². The fourth-order valence-corrected chi connectivity index (χ4v) is 1.86. The summed E-state index contributed by atoms with van der Waals surface area (Å²) in [6.45, 7) is 5.15. The monoisotopic (exact) mass is 251 g/mol. The van der Waals surface area contributed by atoms with Crippen LogP contribution in [0.4, 0.5) is 0 Å². The third-order valence-electron chi connectivity index (χ3n) is 3.03. The minimum Gasteiger partial charge on any atom is -0.486 e. The van der Waals surface area contributed by atoms with Crippen LogP contribution in [0.15, 0.2) is 18.2 Å². The lowest BCUT2D eigenvalue weighted by atomic mass is 10.1. The molecule has 1 atom stereocenters. The summed E-state index contributed by atoms with van der Waals surface area (Å²) in [6, 6.07) is 6.15. The smallest absolute Gasteiger partial charge is 0.161 e. The van der Waals surface area contributed by atoms with E-state index in [1.165, 1.54) is 5.56 Å². The van der Waals surface area contributed by atoms with Crippen LogP contribution >= 0.6 is 0 Å². The van der Waals surface area contributed by atoms with E-state index < -0.39 is 0 Å². The van der Waals surface area contributed by atoms with E-state index in [2.05, 4.69) is 24.4 Å². The predicted octanol–water partition coefficient (Wildman–Crippen LogP) is 1.62. The van der Waals surface area contributed by atoms with E-state index in [0.29, 0.717) is 13.2 Å². The first kappa shape index (κ1) is 13.2. The van der Waals surface area contributed by atoms with Crippen molar-refractivity contribution in [2.45, 2.75) is 19.4 Å². The zero-order valence-electron chi connectivity index (χ0n) is 11.1. The first-order valence-corrected chi connectivity index (χ1v) is 6.41. The van der Waals surface area contributed by atoms with E-state index in [0.717, 1.165) is 31.0 Å². The van der Waals surface area contributed by atoms with Gasteiger partial charge in [0.25, 0.3) is 0 Å². The summed E-state index contributed by atoms with van der Waals surface area (Å²) in [7, 11) is 1.73. The van der Waals surface area contributed by atoms with E-state index in [1.54, 1.807) is 7.11 Å². The second-order valence-corrected chi connectivity index (χ2v) is 4.48. The number of methoxy groups -OCH3 is 1. The van der Waals surface area contributed by atoms with Gasteiger partial charge in [-0.25, -0.2) is 0 Å². The Bertz CT molecular complexity index is 381. The molecular formula is C14H21NO3. The Morgan fingerprint density at radius 1 is 1.28 bits per heavy atom. The van der Waals surface area contributed by atoms with E-state index in [9.17, 15) is 0 Å². The van der Waals surface area contributed by atoms with Gasteiger partial charge >= 0.3 is 0 Å². The zero-order chi connectivity index (χ0) is 12.8. The summed E-state index contributed by atoms with van der Waals surface area (Å²) >= 11 is 0. The first-order chi connectivity index (χ1) is 8.79. The lowest BCUT2D eigenvalue weighted by Crippen LogP contribution is -2.27. The SMILES string of the molecule is COC(C)CNCCc1ccc2c(c1)OCCO2. The summed E-state index contributed by atoms with van der Waals surface area (Å²) in [5, 5.41) is 3.37. The Labute approximate surface area is 108 Å². The Kier molecular flexibility index (Phi) is 4.84. The molecule has 0 radical (unpaired) electrons. The number of rotatable bonds is 6. The fraction of sp³-hybridized carbons (Fsp3) is 0.571. The minimum absolute atomic E-state index is 0.255.